The summed E-state index contributed by atoms with van der Waals surface area (Å²) in [6.07, 6.45) is 18.8. The van der Waals surface area contributed by atoms with Crippen LogP contribution in [0.25, 0.3) is 0 Å². The molecule has 6 rings (SSSR count). The number of rotatable bonds is 6. The highest BCUT2D eigenvalue weighted by molar-refractivity contribution is 5.28. The first-order chi connectivity index (χ1) is 16.6. The van der Waals surface area contributed by atoms with E-state index in [1.807, 2.05) is 12.4 Å². The first-order valence-electron chi connectivity index (χ1n) is 14.4. The van der Waals surface area contributed by atoms with E-state index in [0.717, 1.165) is 38.3 Å². The smallest absolute Gasteiger partial charge is 0.0762 e. The Morgan fingerprint density at radius 3 is 2.68 bits per heavy atom. The molecule has 1 N–H and O–H groups in total. The van der Waals surface area contributed by atoms with E-state index in [4.69, 9.17) is 4.74 Å². The molecule has 1 aromatic heterocycles. The standard InChI is InChI=1S/C29H45N3O2/c1-27-12-3-2-6-23(27)7-8-26-25(27)9-13-28(21-34-19-18-32-16-4-5-17-32)24(10-14-29(26,28)33)22-11-15-30-31-20-22/h11,15,20,23-26,33H,2-10,12-14,16-19,21H2,1H3/t23-,24-,25-,26+,27-,28-,29-/m0/s1. The van der Waals surface area contributed by atoms with Crippen LogP contribution >= 0.6 is 0 Å². The van der Waals surface area contributed by atoms with E-state index in [1.165, 1.54) is 76.4 Å². The molecule has 0 radical (unpaired) electrons. The molecular weight excluding hydrogens is 422 g/mol. The fraction of sp³-hybridized carbons (Fsp3) is 0.862. The Labute approximate surface area is 206 Å². The lowest BCUT2D eigenvalue weighted by Gasteiger charge is -2.64. The van der Waals surface area contributed by atoms with Crippen LogP contribution in [-0.4, -0.2) is 58.7 Å². The van der Waals surface area contributed by atoms with Crippen LogP contribution in [0.1, 0.15) is 95.5 Å². The maximum atomic E-state index is 12.8. The highest BCUT2D eigenvalue weighted by Gasteiger charge is 2.69. The predicted molar refractivity (Wildman–Crippen MR) is 133 cm³/mol. The zero-order chi connectivity index (χ0) is 23.2. The molecule has 0 bridgehead atoms. The number of fused-ring (bicyclic) bond motifs is 5. The van der Waals surface area contributed by atoms with Crippen LogP contribution in [0.5, 0.6) is 0 Å². The van der Waals surface area contributed by atoms with Crippen LogP contribution in [0, 0.1) is 28.6 Å². The van der Waals surface area contributed by atoms with Crippen LogP contribution in [0.3, 0.4) is 0 Å². The van der Waals surface area contributed by atoms with Crippen molar-refractivity contribution in [2.45, 2.75) is 95.5 Å². The van der Waals surface area contributed by atoms with Crippen LogP contribution < -0.4 is 0 Å². The Morgan fingerprint density at radius 2 is 1.85 bits per heavy atom. The minimum Gasteiger partial charge on any atom is -0.389 e. The second kappa shape index (κ2) is 9.12. The molecule has 0 unspecified atom stereocenters. The van der Waals surface area contributed by atoms with Gasteiger partial charge in [-0.05, 0) is 118 Å². The first kappa shape index (κ1) is 23.4. The van der Waals surface area contributed by atoms with Gasteiger partial charge in [-0.15, -0.1) is 0 Å². The lowest BCUT2D eigenvalue weighted by Crippen LogP contribution is -2.63. The summed E-state index contributed by atoms with van der Waals surface area (Å²) in [4.78, 5) is 2.53. The zero-order valence-corrected chi connectivity index (χ0v) is 21.3. The quantitative estimate of drug-likeness (QED) is 0.583. The predicted octanol–water partition coefficient (Wildman–Crippen LogP) is 5.20. The van der Waals surface area contributed by atoms with E-state index >= 15 is 0 Å². The van der Waals surface area contributed by atoms with Gasteiger partial charge in [0.25, 0.3) is 0 Å². The molecule has 34 heavy (non-hydrogen) atoms. The molecule has 5 aliphatic rings. The van der Waals surface area contributed by atoms with Gasteiger partial charge in [0.1, 0.15) is 0 Å². The summed E-state index contributed by atoms with van der Waals surface area (Å²) in [7, 11) is 0. The van der Waals surface area contributed by atoms with Crippen molar-refractivity contribution in [3.63, 3.8) is 0 Å². The van der Waals surface area contributed by atoms with Gasteiger partial charge in [0.2, 0.25) is 0 Å². The minimum absolute atomic E-state index is 0.194. The van der Waals surface area contributed by atoms with Crippen LogP contribution in [0.4, 0.5) is 0 Å². The van der Waals surface area contributed by atoms with Crippen molar-refractivity contribution in [3.8, 4) is 0 Å². The molecular formula is C29H45N3O2. The highest BCUT2D eigenvalue weighted by atomic mass is 16.5. The van der Waals surface area contributed by atoms with Gasteiger partial charge in [0.15, 0.2) is 0 Å². The average Bonchev–Trinajstić information content (AvgIpc) is 3.48. The van der Waals surface area contributed by atoms with Crippen molar-refractivity contribution in [3.05, 3.63) is 24.0 Å². The fourth-order valence-electron chi connectivity index (χ4n) is 9.83. The van der Waals surface area contributed by atoms with Crippen LogP contribution in [-0.2, 0) is 4.74 Å². The summed E-state index contributed by atoms with van der Waals surface area (Å²) in [6.45, 7) is 7.53. The SMILES string of the molecule is C[C@]12CCCC[C@H]1CC[C@@H]1[C@@H]2CC[C@]2(COCCN3CCCC3)[C@H](c3ccnnc3)CC[C@]12O. The topological polar surface area (TPSA) is 58.5 Å². The van der Waals surface area contributed by atoms with Gasteiger partial charge in [-0.3, -0.25) is 0 Å². The highest BCUT2D eigenvalue weighted by Crippen LogP contribution is 2.70. The molecule has 5 nitrogen and oxygen atoms in total. The molecule has 4 aliphatic carbocycles. The number of ether oxygens (including phenoxy) is 1. The molecule has 7 atom stereocenters. The van der Waals surface area contributed by atoms with Crippen molar-refractivity contribution in [2.75, 3.05) is 32.8 Å². The van der Waals surface area contributed by atoms with Crippen LogP contribution in [0.15, 0.2) is 18.5 Å². The Kier molecular flexibility index (Phi) is 6.27. The van der Waals surface area contributed by atoms with E-state index in [1.54, 1.807) is 0 Å². The summed E-state index contributed by atoms with van der Waals surface area (Å²) in [5.74, 6) is 2.28. The number of aliphatic hydroxyl groups is 1. The summed E-state index contributed by atoms with van der Waals surface area (Å²) >= 11 is 0. The largest absolute Gasteiger partial charge is 0.389 e. The molecule has 0 aromatic carbocycles. The Hall–Kier alpha value is -1.04. The maximum absolute atomic E-state index is 12.8. The number of nitrogens with zero attached hydrogens (tertiary/aromatic N) is 3. The van der Waals surface area contributed by atoms with E-state index in [-0.39, 0.29) is 5.41 Å². The van der Waals surface area contributed by atoms with E-state index in [2.05, 4.69) is 28.1 Å². The lowest BCUT2D eigenvalue weighted by atomic mass is 9.43. The minimum atomic E-state index is -0.622. The number of aromatic nitrogens is 2. The third-order valence-corrected chi connectivity index (χ3v) is 11.6. The van der Waals surface area contributed by atoms with Gasteiger partial charge >= 0.3 is 0 Å². The van der Waals surface area contributed by atoms with Gasteiger partial charge in [-0.25, -0.2) is 0 Å². The average molecular weight is 468 g/mol. The molecule has 5 heteroatoms. The third kappa shape index (κ3) is 3.59. The second-order valence-electron chi connectivity index (χ2n) is 12.7. The monoisotopic (exact) mass is 467 g/mol. The molecule has 1 saturated heterocycles. The van der Waals surface area contributed by atoms with E-state index < -0.39 is 5.60 Å². The van der Waals surface area contributed by atoms with Crippen molar-refractivity contribution >= 4 is 0 Å². The lowest BCUT2D eigenvalue weighted by molar-refractivity contribution is -0.220. The van der Waals surface area contributed by atoms with E-state index in [0.29, 0.717) is 29.8 Å². The van der Waals surface area contributed by atoms with Crippen molar-refractivity contribution in [2.24, 2.45) is 28.6 Å². The molecule has 4 saturated carbocycles. The van der Waals surface area contributed by atoms with Crippen LogP contribution in [0.2, 0.25) is 0 Å². The first-order valence-corrected chi connectivity index (χ1v) is 14.4. The van der Waals surface area contributed by atoms with Gasteiger partial charge in [0.05, 0.1) is 25.0 Å². The fourth-order valence-corrected chi connectivity index (χ4v) is 9.83. The molecule has 0 amide bonds. The van der Waals surface area contributed by atoms with Gasteiger partial charge in [-0.1, -0.05) is 19.8 Å². The summed E-state index contributed by atoms with van der Waals surface area (Å²) < 4.78 is 6.53. The molecule has 5 fully saturated rings. The van der Waals surface area contributed by atoms with Gasteiger partial charge in [0, 0.05) is 18.2 Å². The van der Waals surface area contributed by atoms with Crippen molar-refractivity contribution < 1.29 is 9.84 Å². The van der Waals surface area contributed by atoms with Crippen molar-refractivity contribution in [1.82, 2.24) is 15.1 Å². The number of hydrogen-bond donors (Lipinski definition) is 1. The maximum Gasteiger partial charge on any atom is 0.0762 e. The molecule has 1 aliphatic heterocycles. The Morgan fingerprint density at radius 1 is 0.971 bits per heavy atom. The third-order valence-electron chi connectivity index (χ3n) is 11.6. The molecule has 0 spiro atoms. The van der Waals surface area contributed by atoms with Crippen molar-refractivity contribution in [1.29, 1.82) is 0 Å². The number of hydrogen-bond acceptors (Lipinski definition) is 5. The van der Waals surface area contributed by atoms with Gasteiger partial charge in [-0.2, -0.15) is 10.2 Å². The Balaban J connectivity index is 1.28. The molecule has 2 heterocycles. The summed E-state index contributed by atoms with van der Waals surface area (Å²) in [5.41, 5.74) is 0.865. The Bertz CT molecular complexity index is 845. The van der Waals surface area contributed by atoms with Gasteiger partial charge < -0.3 is 14.7 Å². The second-order valence-corrected chi connectivity index (χ2v) is 12.7. The molecule has 188 valence electrons. The van der Waals surface area contributed by atoms with E-state index in [9.17, 15) is 5.11 Å². The zero-order valence-electron chi connectivity index (χ0n) is 21.3. The molecule has 1 aromatic rings. The summed E-state index contributed by atoms with van der Waals surface area (Å²) in [5, 5.41) is 21.1. The number of likely N-dealkylation sites (tertiary alicyclic amines) is 1. The normalized spacial score (nSPS) is 44.4. The summed E-state index contributed by atoms with van der Waals surface area (Å²) in [6, 6.07) is 2.14.